The van der Waals surface area contributed by atoms with Crippen molar-refractivity contribution in [1.82, 2.24) is 0 Å². The molecule has 0 amide bonds. The predicted molar refractivity (Wildman–Crippen MR) is 61.8 cm³/mol. The van der Waals surface area contributed by atoms with Gasteiger partial charge in [-0.2, -0.15) is 0 Å². The molecule has 14 heavy (non-hydrogen) atoms. The van der Waals surface area contributed by atoms with Gasteiger partial charge < -0.3 is 5.73 Å². The Balaban J connectivity index is 2.80. The molecule has 0 fully saturated rings. The van der Waals surface area contributed by atoms with Crippen LogP contribution in [0.25, 0.3) is 0 Å². The normalized spacial score (nSPS) is 12.7. The van der Waals surface area contributed by atoms with Crippen molar-refractivity contribution in [2.24, 2.45) is 0 Å². The largest absolute Gasteiger partial charge is 0.398 e. The summed E-state index contributed by atoms with van der Waals surface area (Å²) in [5.41, 5.74) is 7.56. The van der Waals surface area contributed by atoms with Gasteiger partial charge >= 0.3 is 0 Å². The first kappa shape index (κ1) is 11.2. The van der Waals surface area contributed by atoms with Crippen LogP contribution in [0.2, 0.25) is 0 Å². The number of aryl methyl sites for hydroxylation is 1. The van der Waals surface area contributed by atoms with Crippen molar-refractivity contribution in [2.75, 3.05) is 11.5 Å². The molecule has 1 aromatic carbocycles. The number of hydrogen-bond donors (Lipinski definition) is 1. The van der Waals surface area contributed by atoms with Crippen molar-refractivity contribution in [2.45, 2.75) is 31.6 Å². The van der Waals surface area contributed by atoms with E-state index in [2.05, 4.69) is 6.92 Å². The van der Waals surface area contributed by atoms with Crippen LogP contribution in [0.15, 0.2) is 23.1 Å². The van der Waals surface area contributed by atoms with E-state index >= 15 is 0 Å². The lowest BCUT2D eigenvalue weighted by atomic mass is 10.2. The minimum Gasteiger partial charge on any atom is -0.398 e. The zero-order valence-corrected chi connectivity index (χ0v) is 9.56. The Morgan fingerprint density at radius 1 is 1.43 bits per heavy atom. The van der Waals surface area contributed by atoms with Crippen molar-refractivity contribution < 1.29 is 4.21 Å². The van der Waals surface area contributed by atoms with Gasteiger partial charge in [0, 0.05) is 11.4 Å². The van der Waals surface area contributed by atoms with E-state index in [9.17, 15) is 4.21 Å². The third kappa shape index (κ3) is 2.84. The summed E-state index contributed by atoms with van der Waals surface area (Å²) >= 11 is 0. The third-order valence-electron chi connectivity index (χ3n) is 2.09. The summed E-state index contributed by atoms with van der Waals surface area (Å²) in [5.74, 6) is 0.712. The highest BCUT2D eigenvalue weighted by Gasteiger charge is 2.06. The van der Waals surface area contributed by atoms with E-state index < -0.39 is 10.8 Å². The van der Waals surface area contributed by atoms with Crippen LogP contribution in [0.1, 0.15) is 25.3 Å². The Labute approximate surface area is 88.0 Å². The molecule has 0 aliphatic heterocycles. The van der Waals surface area contributed by atoms with Crippen LogP contribution in [0.5, 0.6) is 0 Å². The first-order valence-electron chi connectivity index (χ1n) is 4.89. The Morgan fingerprint density at radius 2 is 2.14 bits per heavy atom. The smallest absolute Gasteiger partial charge is 0.0617 e. The number of nitrogen functional groups attached to an aromatic ring is 1. The molecule has 0 bridgehead atoms. The van der Waals surface area contributed by atoms with Gasteiger partial charge in [0.25, 0.3) is 0 Å². The fraction of sp³-hybridized carbons (Fsp3) is 0.455. The average molecular weight is 211 g/mol. The molecule has 2 nitrogen and oxygen atoms in total. The van der Waals surface area contributed by atoms with Gasteiger partial charge in [0.1, 0.15) is 0 Å². The van der Waals surface area contributed by atoms with E-state index in [0.29, 0.717) is 11.4 Å². The molecular formula is C11H17NOS. The summed E-state index contributed by atoms with van der Waals surface area (Å²) in [6.45, 7) is 4.07. The fourth-order valence-corrected chi connectivity index (χ4v) is 2.57. The number of nitrogens with two attached hydrogens (primary N) is 1. The minimum absolute atomic E-state index is 0.652. The second-order valence-electron chi connectivity index (χ2n) is 3.44. The first-order chi connectivity index (χ1) is 6.65. The van der Waals surface area contributed by atoms with Crippen LogP contribution in [-0.4, -0.2) is 9.96 Å². The highest BCUT2D eigenvalue weighted by Crippen LogP contribution is 2.18. The van der Waals surface area contributed by atoms with Crippen LogP contribution in [0.3, 0.4) is 0 Å². The molecule has 2 N–H and O–H groups in total. The van der Waals surface area contributed by atoms with Crippen molar-refractivity contribution in [3.8, 4) is 0 Å². The number of anilines is 1. The van der Waals surface area contributed by atoms with Crippen molar-refractivity contribution in [3.05, 3.63) is 23.8 Å². The van der Waals surface area contributed by atoms with Gasteiger partial charge in [-0.1, -0.05) is 19.4 Å². The lowest BCUT2D eigenvalue weighted by Gasteiger charge is -2.05. The molecule has 1 aromatic rings. The molecule has 0 saturated heterocycles. The molecule has 1 rings (SSSR count). The average Bonchev–Trinajstić information content (AvgIpc) is 2.14. The van der Waals surface area contributed by atoms with Gasteiger partial charge in [-0.05, 0) is 31.0 Å². The Hall–Kier alpha value is -0.830. The molecule has 78 valence electrons. The van der Waals surface area contributed by atoms with E-state index in [1.165, 1.54) is 0 Å². The maximum absolute atomic E-state index is 11.8. The Morgan fingerprint density at radius 3 is 2.71 bits per heavy atom. The summed E-state index contributed by atoms with van der Waals surface area (Å²) in [5, 5.41) is 0. The highest BCUT2D eigenvalue weighted by molar-refractivity contribution is 7.85. The van der Waals surface area contributed by atoms with E-state index in [0.717, 1.165) is 23.3 Å². The van der Waals surface area contributed by atoms with Gasteiger partial charge in [-0.3, -0.25) is 4.21 Å². The lowest BCUT2D eigenvalue weighted by Crippen LogP contribution is -2.02. The highest BCUT2D eigenvalue weighted by atomic mass is 32.2. The van der Waals surface area contributed by atoms with Crippen LogP contribution in [0.4, 0.5) is 5.69 Å². The quantitative estimate of drug-likeness (QED) is 0.777. The van der Waals surface area contributed by atoms with Gasteiger partial charge in [-0.25, -0.2) is 0 Å². The first-order valence-corrected chi connectivity index (χ1v) is 6.21. The van der Waals surface area contributed by atoms with Crippen molar-refractivity contribution >= 4 is 16.5 Å². The molecule has 0 saturated carbocycles. The Kier molecular flexibility index (Phi) is 4.14. The molecule has 0 aliphatic rings. The fourth-order valence-electron chi connectivity index (χ4n) is 1.26. The van der Waals surface area contributed by atoms with E-state index in [1.54, 1.807) is 0 Å². The summed E-state index contributed by atoms with van der Waals surface area (Å²) in [6, 6.07) is 5.70. The maximum Gasteiger partial charge on any atom is 0.0617 e. The number of unbranched alkanes of at least 4 members (excludes halogenated alkanes) is 1. The topological polar surface area (TPSA) is 43.1 Å². The Bertz CT molecular complexity index is 336. The number of rotatable bonds is 4. The van der Waals surface area contributed by atoms with Crippen LogP contribution in [-0.2, 0) is 10.8 Å². The molecular weight excluding hydrogens is 194 g/mol. The van der Waals surface area contributed by atoms with Crippen molar-refractivity contribution in [1.29, 1.82) is 0 Å². The zero-order valence-electron chi connectivity index (χ0n) is 8.75. The maximum atomic E-state index is 11.8. The monoisotopic (exact) mass is 211 g/mol. The third-order valence-corrected chi connectivity index (χ3v) is 3.62. The van der Waals surface area contributed by atoms with Crippen molar-refractivity contribution in [3.63, 3.8) is 0 Å². The van der Waals surface area contributed by atoms with Crippen LogP contribution in [0, 0.1) is 6.92 Å². The molecule has 0 radical (unpaired) electrons. The number of benzene rings is 1. The SMILES string of the molecule is CCCCS(=O)c1ccc(C)cc1N. The lowest BCUT2D eigenvalue weighted by molar-refractivity contribution is 0.680. The molecule has 0 aromatic heterocycles. The molecule has 3 heteroatoms. The molecule has 0 aliphatic carbocycles. The van der Waals surface area contributed by atoms with E-state index in [1.807, 2.05) is 25.1 Å². The van der Waals surface area contributed by atoms with Gasteiger partial charge in [0.15, 0.2) is 0 Å². The predicted octanol–water partition coefficient (Wildman–Crippen LogP) is 2.48. The zero-order chi connectivity index (χ0) is 10.6. The molecule has 1 unspecified atom stereocenters. The van der Waals surface area contributed by atoms with E-state index in [-0.39, 0.29) is 0 Å². The minimum atomic E-state index is -0.928. The van der Waals surface area contributed by atoms with Crippen LogP contribution < -0.4 is 5.73 Å². The summed E-state index contributed by atoms with van der Waals surface area (Å²) < 4.78 is 11.8. The van der Waals surface area contributed by atoms with Gasteiger partial charge in [-0.15, -0.1) is 0 Å². The molecule has 1 atom stereocenters. The molecule has 0 spiro atoms. The van der Waals surface area contributed by atoms with Gasteiger partial charge in [0.05, 0.1) is 15.7 Å². The second kappa shape index (κ2) is 5.15. The summed E-state index contributed by atoms with van der Waals surface area (Å²) in [6.07, 6.45) is 2.05. The summed E-state index contributed by atoms with van der Waals surface area (Å²) in [7, 11) is -0.928. The van der Waals surface area contributed by atoms with Crippen LogP contribution >= 0.6 is 0 Å². The standard InChI is InChI=1S/C11H17NOS/c1-3-4-7-14(13)11-6-5-9(2)8-10(11)12/h5-6,8H,3-4,7,12H2,1-2H3. The second-order valence-corrected chi connectivity index (χ2v) is 4.98. The van der Waals surface area contributed by atoms with E-state index in [4.69, 9.17) is 5.73 Å². The molecule has 0 heterocycles. The summed E-state index contributed by atoms with van der Waals surface area (Å²) in [4.78, 5) is 0.782. The number of hydrogen-bond acceptors (Lipinski definition) is 2. The van der Waals surface area contributed by atoms with Gasteiger partial charge in [0.2, 0.25) is 0 Å².